The molecule has 92 valence electrons. The normalized spacial score (nSPS) is 10.9. The zero-order chi connectivity index (χ0) is 11.9. The number of H-pyrrole nitrogens is 1. The molecule has 17 heavy (non-hydrogen) atoms. The van der Waals surface area contributed by atoms with E-state index in [-0.39, 0.29) is 0 Å². The first kappa shape index (κ1) is 12.3. The average Bonchev–Trinajstić information content (AvgIpc) is 2.98. The van der Waals surface area contributed by atoms with Gasteiger partial charge in [-0.3, -0.25) is 5.10 Å². The summed E-state index contributed by atoms with van der Waals surface area (Å²) in [7, 11) is 0. The highest BCUT2D eigenvalue weighted by molar-refractivity contribution is 7.13. The van der Waals surface area contributed by atoms with Gasteiger partial charge in [0.25, 0.3) is 0 Å². The second-order valence-corrected chi connectivity index (χ2v) is 4.87. The molecule has 2 heterocycles. The molecule has 2 aromatic heterocycles. The minimum Gasteiger partial charge on any atom is -0.330 e. The largest absolute Gasteiger partial charge is 0.330 e. The molecule has 0 aromatic carbocycles. The molecular formula is C12H18N4S. The summed E-state index contributed by atoms with van der Waals surface area (Å²) in [5, 5.41) is 12.7. The van der Waals surface area contributed by atoms with Crippen molar-refractivity contribution >= 4 is 11.3 Å². The average molecular weight is 250 g/mol. The fourth-order valence-corrected chi connectivity index (χ4v) is 2.45. The number of aromatic amines is 1. The molecule has 0 fully saturated rings. The van der Waals surface area contributed by atoms with Crippen LogP contribution in [0.15, 0.2) is 23.7 Å². The maximum absolute atomic E-state index is 5.45. The Morgan fingerprint density at radius 3 is 3.12 bits per heavy atom. The summed E-state index contributed by atoms with van der Waals surface area (Å²) in [5.74, 6) is 0. The molecule has 4 N–H and O–H groups in total. The molecule has 0 unspecified atom stereocenters. The lowest BCUT2D eigenvalue weighted by Crippen LogP contribution is -2.15. The lowest BCUT2D eigenvalue weighted by Gasteiger charge is -2.04. The van der Waals surface area contributed by atoms with Crippen molar-refractivity contribution in [3.8, 4) is 10.6 Å². The monoisotopic (exact) mass is 250 g/mol. The number of hydrogen-bond donors (Lipinski definition) is 3. The van der Waals surface area contributed by atoms with Gasteiger partial charge in [-0.15, -0.1) is 11.3 Å². The van der Waals surface area contributed by atoms with E-state index in [2.05, 4.69) is 33.0 Å². The van der Waals surface area contributed by atoms with E-state index in [1.54, 1.807) is 11.3 Å². The summed E-state index contributed by atoms with van der Waals surface area (Å²) in [6, 6.07) is 4.16. The van der Waals surface area contributed by atoms with Gasteiger partial charge in [-0.2, -0.15) is 5.10 Å². The molecule has 0 radical (unpaired) electrons. The number of rotatable bonds is 7. The number of nitrogens with two attached hydrogens (primary N) is 1. The van der Waals surface area contributed by atoms with E-state index in [4.69, 9.17) is 5.73 Å². The van der Waals surface area contributed by atoms with E-state index in [1.165, 1.54) is 10.4 Å². The standard InChI is InChI=1S/C12H18N4S/c13-5-1-2-6-14-8-10-9-15-16-12(10)11-4-3-7-17-11/h3-4,7,9,14H,1-2,5-6,8,13H2,(H,15,16). The van der Waals surface area contributed by atoms with Crippen LogP contribution in [0.3, 0.4) is 0 Å². The molecule has 0 atom stereocenters. The Morgan fingerprint density at radius 1 is 1.41 bits per heavy atom. The minimum atomic E-state index is 0.772. The highest BCUT2D eigenvalue weighted by Gasteiger charge is 2.07. The van der Waals surface area contributed by atoms with E-state index in [9.17, 15) is 0 Å². The third-order valence-corrected chi connectivity index (χ3v) is 3.50. The van der Waals surface area contributed by atoms with Gasteiger partial charge in [-0.05, 0) is 37.4 Å². The SMILES string of the molecule is NCCCCNCc1cn[nH]c1-c1cccs1. The molecule has 5 heteroatoms. The number of hydrogen-bond acceptors (Lipinski definition) is 4. The van der Waals surface area contributed by atoms with E-state index in [0.29, 0.717) is 0 Å². The molecule has 2 aromatic rings. The van der Waals surface area contributed by atoms with Crippen molar-refractivity contribution < 1.29 is 0 Å². The first-order chi connectivity index (χ1) is 8.42. The molecule has 0 aliphatic rings. The smallest absolute Gasteiger partial charge is 0.0794 e. The summed E-state index contributed by atoms with van der Waals surface area (Å²) in [6.07, 6.45) is 4.10. The van der Waals surface area contributed by atoms with Crippen molar-refractivity contribution in [3.05, 3.63) is 29.3 Å². The van der Waals surface area contributed by atoms with Crippen LogP contribution in [0.5, 0.6) is 0 Å². The van der Waals surface area contributed by atoms with E-state index >= 15 is 0 Å². The van der Waals surface area contributed by atoms with Crippen LogP contribution >= 0.6 is 11.3 Å². The number of unbranched alkanes of at least 4 members (excludes halogenated alkanes) is 1. The molecule has 0 saturated carbocycles. The molecule has 0 bridgehead atoms. The van der Waals surface area contributed by atoms with Crippen molar-refractivity contribution in [3.63, 3.8) is 0 Å². The second kappa shape index (κ2) is 6.54. The van der Waals surface area contributed by atoms with Gasteiger partial charge in [0.05, 0.1) is 16.8 Å². The molecular weight excluding hydrogens is 232 g/mol. The minimum absolute atomic E-state index is 0.772. The van der Waals surface area contributed by atoms with Crippen LogP contribution in [0.2, 0.25) is 0 Å². The topological polar surface area (TPSA) is 66.7 Å². The van der Waals surface area contributed by atoms with E-state index in [0.717, 1.165) is 38.2 Å². The zero-order valence-electron chi connectivity index (χ0n) is 9.78. The summed E-state index contributed by atoms with van der Waals surface area (Å²) in [6.45, 7) is 2.63. The van der Waals surface area contributed by atoms with Gasteiger partial charge in [0.15, 0.2) is 0 Å². The number of thiophene rings is 1. The van der Waals surface area contributed by atoms with Gasteiger partial charge in [-0.1, -0.05) is 6.07 Å². The molecule has 0 aliphatic heterocycles. The number of aromatic nitrogens is 2. The lowest BCUT2D eigenvalue weighted by molar-refractivity contribution is 0.628. The third-order valence-electron chi connectivity index (χ3n) is 2.61. The van der Waals surface area contributed by atoms with Crippen LogP contribution in [0.1, 0.15) is 18.4 Å². The fourth-order valence-electron chi connectivity index (χ4n) is 1.70. The first-order valence-corrected chi connectivity index (χ1v) is 6.76. The summed E-state index contributed by atoms with van der Waals surface area (Å²) >= 11 is 1.73. The molecule has 0 spiro atoms. The van der Waals surface area contributed by atoms with Crippen molar-refractivity contribution in [1.82, 2.24) is 15.5 Å². The summed E-state index contributed by atoms with van der Waals surface area (Å²) < 4.78 is 0. The Balaban J connectivity index is 1.87. The van der Waals surface area contributed by atoms with Crippen molar-refractivity contribution in [1.29, 1.82) is 0 Å². The van der Waals surface area contributed by atoms with Crippen LogP contribution in [0, 0.1) is 0 Å². The Morgan fingerprint density at radius 2 is 2.35 bits per heavy atom. The van der Waals surface area contributed by atoms with E-state index in [1.807, 2.05) is 6.20 Å². The van der Waals surface area contributed by atoms with Crippen molar-refractivity contribution in [2.45, 2.75) is 19.4 Å². The van der Waals surface area contributed by atoms with Gasteiger partial charge >= 0.3 is 0 Å². The molecule has 4 nitrogen and oxygen atoms in total. The second-order valence-electron chi connectivity index (χ2n) is 3.92. The van der Waals surface area contributed by atoms with Crippen LogP contribution < -0.4 is 11.1 Å². The predicted octanol–water partition coefficient (Wildman–Crippen LogP) is 1.97. The number of nitrogens with one attached hydrogen (secondary N) is 2. The van der Waals surface area contributed by atoms with Crippen LogP contribution in [0.4, 0.5) is 0 Å². The van der Waals surface area contributed by atoms with Gasteiger partial charge in [0.2, 0.25) is 0 Å². The first-order valence-electron chi connectivity index (χ1n) is 5.88. The van der Waals surface area contributed by atoms with Gasteiger partial charge in [0, 0.05) is 12.1 Å². The van der Waals surface area contributed by atoms with E-state index < -0.39 is 0 Å². The van der Waals surface area contributed by atoms with Gasteiger partial charge < -0.3 is 11.1 Å². The number of nitrogens with zero attached hydrogens (tertiary/aromatic N) is 1. The highest BCUT2D eigenvalue weighted by Crippen LogP contribution is 2.25. The molecule has 0 amide bonds. The van der Waals surface area contributed by atoms with Crippen LogP contribution in [0.25, 0.3) is 10.6 Å². The maximum Gasteiger partial charge on any atom is 0.0794 e. The van der Waals surface area contributed by atoms with Crippen LogP contribution in [-0.4, -0.2) is 23.3 Å². The summed E-state index contributed by atoms with van der Waals surface area (Å²) in [5.41, 5.74) is 7.81. The molecule has 0 saturated heterocycles. The van der Waals surface area contributed by atoms with Crippen molar-refractivity contribution in [2.75, 3.05) is 13.1 Å². The molecule has 2 rings (SSSR count). The Labute approximate surface area is 105 Å². The molecule has 0 aliphatic carbocycles. The Hall–Kier alpha value is -1.17. The summed E-state index contributed by atoms with van der Waals surface area (Å²) in [4.78, 5) is 1.24. The van der Waals surface area contributed by atoms with Gasteiger partial charge in [-0.25, -0.2) is 0 Å². The maximum atomic E-state index is 5.45. The van der Waals surface area contributed by atoms with Gasteiger partial charge in [0.1, 0.15) is 0 Å². The highest BCUT2D eigenvalue weighted by atomic mass is 32.1. The third kappa shape index (κ3) is 3.39. The Bertz CT molecular complexity index is 421. The van der Waals surface area contributed by atoms with Crippen LogP contribution in [-0.2, 0) is 6.54 Å². The lowest BCUT2D eigenvalue weighted by atomic mass is 10.2. The van der Waals surface area contributed by atoms with Crippen molar-refractivity contribution in [2.24, 2.45) is 5.73 Å². The Kier molecular flexibility index (Phi) is 4.73. The fraction of sp³-hybridized carbons (Fsp3) is 0.417. The zero-order valence-corrected chi connectivity index (χ0v) is 10.6. The quantitative estimate of drug-likeness (QED) is 0.658. The predicted molar refractivity (Wildman–Crippen MR) is 71.9 cm³/mol.